The van der Waals surface area contributed by atoms with Gasteiger partial charge >= 0.3 is 12.0 Å². The van der Waals surface area contributed by atoms with Gasteiger partial charge in [0, 0.05) is 6.54 Å². The Balaban J connectivity index is 1.84. The standard InChI is InChI=1S/C14H14N2O3S/c1-19-13(17)11-6-4-10(5-7-11)9-15-14(18)16-12-3-2-8-20-12/h2-8H,9H2,1H3,(H2,15,16,18). The van der Waals surface area contributed by atoms with Crippen molar-refractivity contribution in [1.82, 2.24) is 5.32 Å². The van der Waals surface area contributed by atoms with Crippen molar-refractivity contribution in [3.8, 4) is 0 Å². The van der Waals surface area contributed by atoms with Crippen molar-refractivity contribution in [3.63, 3.8) is 0 Å². The van der Waals surface area contributed by atoms with Crippen LogP contribution in [0.4, 0.5) is 9.80 Å². The van der Waals surface area contributed by atoms with Crippen LogP contribution in [0.3, 0.4) is 0 Å². The summed E-state index contributed by atoms with van der Waals surface area (Å²) >= 11 is 1.46. The summed E-state index contributed by atoms with van der Waals surface area (Å²) in [4.78, 5) is 22.9. The molecule has 0 aliphatic carbocycles. The van der Waals surface area contributed by atoms with E-state index in [4.69, 9.17) is 0 Å². The molecule has 0 saturated carbocycles. The van der Waals surface area contributed by atoms with Crippen LogP contribution in [-0.4, -0.2) is 19.1 Å². The number of hydrogen-bond donors (Lipinski definition) is 2. The molecule has 1 heterocycles. The highest BCUT2D eigenvalue weighted by atomic mass is 32.1. The fraction of sp³-hybridized carbons (Fsp3) is 0.143. The number of thiophene rings is 1. The average Bonchev–Trinajstić information content (AvgIpc) is 2.97. The van der Waals surface area contributed by atoms with Crippen LogP contribution in [0.15, 0.2) is 41.8 Å². The van der Waals surface area contributed by atoms with Gasteiger partial charge in [-0.2, -0.15) is 0 Å². The van der Waals surface area contributed by atoms with E-state index >= 15 is 0 Å². The number of ether oxygens (including phenoxy) is 1. The molecule has 2 aromatic rings. The number of carbonyl (C=O) groups is 2. The first kappa shape index (κ1) is 14.1. The van der Waals surface area contributed by atoms with E-state index in [0.29, 0.717) is 12.1 Å². The molecule has 104 valence electrons. The molecule has 0 radical (unpaired) electrons. The van der Waals surface area contributed by atoms with Crippen molar-refractivity contribution in [1.29, 1.82) is 0 Å². The van der Waals surface area contributed by atoms with E-state index in [-0.39, 0.29) is 12.0 Å². The SMILES string of the molecule is COC(=O)c1ccc(CNC(=O)Nc2cccs2)cc1. The van der Waals surface area contributed by atoms with E-state index in [9.17, 15) is 9.59 Å². The molecule has 6 heteroatoms. The van der Waals surface area contributed by atoms with Gasteiger partial charge in [0.2, 0.25) is 0 Å². The lowest BCUT2D eigenvalue weighted by Gasteiger charge is -2.06. The Hall–Kier alpha value is -2.34. The van der Waals surface area contributed by atoms with Gasteiger partial charge in [0.15, 0.2) is 0 Å². The Bertz CT molecular complexity index is 579. The van der Waals surface area contributed by atoms with Gasteiger partial charge in [-0.25, -0.2) is 9.59 Å². The quantitative estimate of drug-likeness (QED) is 0.851. The molecule has 20 heavy (non-hydrogen) atoms. The lowest BCUT2D eigenvalue weighted by Crippen LogP contribution is -2.27. The number of esters is 1. The van der Waals surface area contributed by atoms with Crippen LogP contribution in [0.25, 0.3) is 0 Å². The monoisotopic (exact) mass is 290 g/mol. The molecular formula is C14H14N2O3S. The fourth-order valence-corrected chi connectivity index (χ4v) is 2.18. The maximum Gasteiger partial charge on any atom is 0.337 e. The Morgan fingerprint density at radius 3 is 2.55 bits per heavy atom. The number of carbonyl (C=O) groups excluding carboxylic acids is 2. The van der Waals surface area contributed by atoms with Gasteiger partial charge in [-0.05, 0) is 35.2 Å². The first-order chi connectivity index (χ1) is 9.69. The second-order valence-corrected chi connectivity index (χ2v) is 4.92. The van der Waals surface area contributed by atoms with Crippen LogP contribution in [0, 0.1) is 0 Å². The molecule has 0 aliphatic heterocycles. The molecule has 2 amide bonds. The number of anilines is 1. The number of hydrogen-bond acceptors (Lipinski definition) is 4. The van der Waals surface area contributed by atoms with Crippen molar-refractivity contribution in [2.45, 2.75) is 6.54 Å². The molecule has 0 aliphatic rings. The maximum atomic E-state index is 11.6. The molecule has 2 rings (SSSR count). The summed E-state index contributed by atoms with van der Waals surface area (Å²) in [5.74, 6) is -0.375. The lowest BCUT2D eigenvalue weighted by atomic mass is 10.1. The molecule has 0 atom stereocenters. The number of benzene rings is 1. The minimum absolute atomic E-state index is 0.260. The maximum absolute atomic E-state index is 11.6. The van der Waals surface area contributed by atoms with Gasteiger partial charge in [0.1, 0.15) is 0 Å². The summed E-state index contributed by atoms with van der Waals surface area (Å²) in [5.41, 5.74) is 1.39. The molecular weight excluding hydrogens is 276 g/mol. The normalized spacial score (nSPS) is 9.85. The van der Waals surface area contributed by atoms with E-state index in [2.05, 4.69) is 15.4 Å². The smallest absolute Gasteiger partial charge is 0.337 e. The summed E-state index contributed by atoms with van der Waals surface area (Å²) in [6.07, 6.45) is 0. The van der Waals surface area contributed by atoms with Crippen LogP contribution in [0.1, 0.15) is 15.9 Å². The Labute approximate surface area is 120 Å². The average molecular weight is 290 g/mol. The lowest BCUT2D eigenvalue weighted by molar-refractivity contribution is 0.0600. The minimum atomic E-state index is -0.375. The number of methoxy groups -OCH3 is 1. The van der Waals surface area contributed by atoms with Crippen molar-refractivity contribution in [3.05, 3.63) is 52.9 Å². The summed E-state index contributed by atoms with van der Waals surface area (Å²) in [6, 6.07) is 10.3. The third-order valence-corrected chi connectivity index (χ3v) is 3.37. The second kappa shape index (κ2) is 6.72. The van der Waals surface area contributed by atoms with E-state index in [1.54, 1.807) is 24.3 Å². The predicted octanol–water partition coefficient (Wildman–Crippen LogP) is 2.86. The molecule has 0 saturated heterocycles. The summed E-state index contributed by atoms with van der Waals surface area (Å²) < 4.78 is 4.62. The van der Waals surface area contributed by atoms with Crippen LogP contribution in [-0.2, 0) is 11.3 Å². The van der Waals surface area contributed by atoms with E-state index in [0.717, 1.165) is 10.6 Å². The molecule has 1 aromatic heterocycles. The summed E-state index contributed by atoms with van der Waals surface area (Å²) in [7, 11) is 1.34. The zero-order chi connectivity index (χ0) is 14.4. The van der Waals surface area contributed by atoms with Crippen molar-refractivity contribution >= 4 is 28.3 Å². The zero-order valence-electron chi connectivity index (χ0n) is 10.9. The van der Waals surface area contributed by atoms with E-state index in [1.807, 2.05) is 17.5 Å². The first-order valence-corrected chi connectivity index (χ1v) is 6.82. The number of nitrogens with one attached hydrogen (secondary N) is 2. The number of rotatable bonds is 4. The van der Waals surface area contributed by atoms with E-state index < -0.39 is 0 Å². The van der Waals surface area contributed by atoms with Gasteiger partial charge in [0.25, 0.3) is 0 Å². The van der Waals surface area contributed by atoms with Crippen LogP contribution in [0.5, 0.6) is 0 Å². The van der Waals surface area contributed by atoms with Crippen LogP contribution >= 0.6 is 11.3 Å². The van der Waals surface area contributed by atoms with Gasteiger partial charge in [-0.3, -0.25) is 5.32 Å². The predicted molar refractivity (Wildman–Crippen MR) is 78.0 cm³/mol. The highest BCUT2D eigenvalue weighted by Gasteiger charge is 2.05. The first-order valence-electron chi connectivity index (χ1n) is 5.94. The van der Waals surface area contributed by atoms with Crippen molar-refractivity contribution in [2.75, 3.05) is 12.4 Å². The zero-order valence-corrected chi connectivity index (χ0v) is 11.7. The third kappa shape index (κ3) is 3.83. The highest BCUT2D eigenvalue weighted by Crippen LogP contribution is 2.14. The topological polar surface area (TPSA) is 67.4 Å². The summed E-state index contributed by atoms with van der Waals surface area (Å²) in [5, 5.41) is 8.15. The van der Waals surface area contributed by atoms with Crippen LogP contribution in [0.2, 0.25) is 0 Å². The Morgan fingerprint density at radius 1 is 1.20 bits per heavy atom. The van der Waals surface area contributed by atoms with Crippen molar-refractivity contribution in [2.24, 2.45) is 0 Å². The largest absolute Gasteiger partial charge is 0.465 e. The molecule has 0 unspecified atom stereocenters. The Morgan fingerprint density at radius 2 is 1.95 bits per heavy atom. The number of urea groups is 1. The molecule has 0 spiro atoms. The van der Waals surface area contributed by atoms with Gasteiger partial charge in [-0.15, -0.1) is 11.3 Å². The van der Waals surface area contributed by atoms with Crippen LogP contribution < -0.4 is 10.6 Å². The Kier molecular flexibility index (Phi) is 4.73. The van der Waals surface area contributed by atoms with Gasteiger partial charge in [-0.1, -0.05) is 12.1 Å². The molecule has 0 bridgehead atoms. The fourth-order valence-electron chi connectivity index (χ4n) is 1.56. The summed E-state index contributed by atoms with van der Waals surface area (Å²) in [6.45, 7) is 0.388. The minimum Gasteiger partial charge on any atom is -0.465 e. The van der Waals surface area contributed by atoms with Gasteiger partial charge < -0.3 is 10.1 Å². The van der Waals surface area contributed by atoms with Gasteiger partial charge in [0.05, 0.1) is 17.7 Å². The third-order valence-electron chi connectivity index (χ3n) is 2.59. The molecule has 0 fully saturated rings. The highest BCUT2D eigenvalue weighted by molar-refractivity contribution is 7.14. The van der Waals surface area contributed by atoms with E-state index in [1.165, 1.54) is 18.4 Å². The second-order valence-electron chi connectivity index (χ2n) is 3.97. The van der Waals surface area contributed by atoms with Crippen molar-refractivity contribution < 1.29 is 14.3 Å². The number of amides is 2. The molecule has 5 nitrogen and oxygen atoms in total. The molecule has 2 N–H and O–H groups in total. The molecule has 1 aromatic carbocycles.